The first-order valence-electron chi connectivity index (χ1n) is 7.29. The second kappa shape index (κ2) is 8.22. The summed E-state index contributed by atoms with van der Waals surface area (Å²) < 4.78 is 11.4. The van der Waals surface area contributed by atoms with Gasteiger partial charge in [-0.25, -0.2) is 0 Å². The van der Waals surface area contributed by atoms with Gasteiger partial charge in [0.15, 0.2) is 0 Å². The lowest BCUT2D eigenvalue weighted by Crippen LogP contribution is -2.23. The van der Waals surface area contributed by atoms with E-state index in [0.717, 1.165) is 24.4 Å². The SMILES string of the molecule is CC(C)CNCc1cnccc1OCCOC(C)(C)C. The van der Waals surface area contributed by atoms with Crippen molar-refractivity contribution in [1.82, 2.24) is 10.3 Å². The number of nitrogens with zero attached hydrogens (tertiary/aromatic N) is 1. The van der Waals surface area contributed by atoms with Crippen LogP contribution in [0.15, 0.2) is 18.5 Å². The highest BCUT2D eigenvalue weighted by atomic mass is 16.5. The maximum absolute atomic E-state index is 5.79. The predicted octanol–water partition coefficient (Wildman–Crippen LogP) is 3.02. The van der Waals surface area contributed by atoms with Gasteiger partial charge < -0.3 is 14.8 Å². The summed E-state index contributed by atoms with van der Waals surface area (Å²) in [4.78, 5) is 4.16. The first kappa shape index (κ1) is 16.9. The zero-order valence-corrected chi connectivity index (χ0v) is 13.4. The minimum atomic E-state index is -0.122. The Hall–Kier alpha value is -1.13. The summed E-state index contributed by atoms with van der Waals surface area (Å²) in [5, 5.41) is 3.40. The highest BCUT2D eigenvalue weighted by Crippen LogP contribution is 2.16. The topological polar surface area (TPSA) is 43.4 Å². The van der Waals surface area contributed by atoms with Gasteiger partial charge in [0, 0.05) is 24.5 Å². The maximum atomic E-state index is 5.79. The van der Waals surface area contributed by atoms with Crippen molar-refractivity contribution in [1.29, 1.82) is 0 Å². The third kappa shape index (κ3) is 7.46. The van der Waals surface area contributed by atoms with E-state index in [4.69, 9.17) is 9.47 Å². The molecule has 0 aliphatic carbocycles. The normalized spacial score (nSPS) is 11.9. The molecule has 1 aromatic heterocycles. The van der Waals surface area contributed by atoms with Gasteiger partial charge in [-0.2, -0.15) is 0 Å². The Kier molecular flexibility index (Phi) is 6.96. The Balaban J connectivity index is 2.40. The molecule has 1 heterocycles. The van der Waals surface area contributed by atoms with E-state index in [1.165, 1.54) is 0 Å². The monoisotopic (exact) mass is 280 g/mol. The van der Waals surface area contributed by atoms with Gasteiger partial charge in [-0.15, -0.1) is 0 Å². The number of hydrogen-bond acceptors (Lipinski definition) is 4. The molecular formula is C16H28N2O2. The first-order valence-corrected chi connectivity index (χ1v) is 7.29. The molecule has 0 radical (unpaired) electrons. The summed E-state index contributed by atoms with van der Waals surface area (Å²) in [6.07, 6.45) is 3.61. The van der Waals surface area contributed by atoms with Crippen molar-refractivity contribution in [2.45, 2.75) is 46.8 Å². The Bertz CT molecular complexity index is 386. The molecule has 20 heavy (non-hydrogen) atoms. The van der Waals surface area contributed by atoms with Crippen molar-refractivity contribution in [2.24, 2.45) is 5.92 Å². The summed E-state index contributed by atoms with van der Waals surface area (Å²) in [7, 11) is 0. The lowest BCUT2D eigenvalue weighted by Gasteiger charge is -2.20. The molecule has 0 fully saturated rings. The van der Waals surface area contributed by atoms with Crippen molar-refractivity contribution >= 4 is 0 Å². The van der Waals surface area contributed by atoms with Crippen LogP contribution in [0.3, 0.4) is 0 Å². The fraction of sp³-hybridized carbons (Fsp3) is 0.688. The van der Waals surface area contributed by atoms with Crippen molar-refractivity contribution in [3.05, 3.63) is 24.0 Å². The summed E-state index contributed by atoms with van der Waals surface area (Å²) in [5.74, 6) is 1.52. The molecular weight excluding hydrogens is 252 g/mol. The van der Waals surface area contributed by atoms with Crippen LogP contribution in [0, 0.1) is 5.92 Å². The zero-order chi connectivity index (χ0) is 15.0. The van der Waals surface area contributed by atoms with Crippen molar-refractivity contribution in [2.75, 3.05) is 19.8 Å². The molecule has 0 aliphatic rings. The quantitative estimate of drug-likeness (QED) is 0.743. The molecule has 0 spiro atoms. The van der Waals surface area contributed by atoms with Crippen LogP contribution in [0.25, 0.3) is 0 Å². The van der Waals surface area contributed by atoms with Crippen LogP contribution < -0.4 is 10.1 Å². The van der Waals surface area contributed by atoms with Crippen molar-refractivity contribution in [3.63, 3.8) is 0 Å². The van der Waals surface area contributed by atoms with E-state index in [9.17, 15) is 0 Å². The zero-order valence-electron chi connectivity index (χ0n) is 13.4. The van der Waals surface area contributed by atoms with Crippen LogP contribution in [0.4, 0.5) is 0 Å². The molecule has 114 valence electrons. The van der Waals surface area contributed by atoms with Gasteiger partial charge >= 0.3 is 0 Å². The molecule has 0 unspecified atom stereocenters. The fourth-order valence-electron chi connectivity index (χ4n) is 1.68. The van der Waals surface area contributed by atoms with E-state index in [2.05, 4.69) is 24.1 Å². The molecule has 0 saturated carbocycles. The van der Waals surface area contributed by atoms with E-state index in [-0.39, 0.29) is 5.60 Å². The molecule has 0 aliphatic heterocycles. The smallest absolute Gasteiger partial charge is 0.126 e. The molecule has 0 amide bonds. The minimum Gasteiger partial charge on any atom is -0.491 e. The van der Waals surface area contributed by atoms with E-state index >= 15 is 0 Å². The van der Waals surface area contributed by atoms with Crippen LogP contribution in [-0.2, 0) is 11.3 Å². The van der Waals surface area contributed by atoms with Crippen LogP contribution in [0.5, 0.6) is 5.75 Å². The number of nitrogens with one attached hydrogen (secondary N) is 1. The molecule has 4 nitrogen and oxygen atoms in total. The van der Waals surface area contributed by atoms with Crippen LogP contribution in [0.2, 0.25) is 0 Å². The summed E-state index contributed by atoms with van der Waals surface area (Å²) in [6.45, 7) is 13.4. The highest BCUT2D eigenvalue weighted by Gasteiger charge is 2.10. The number of aromatic nitrogens is 1. The summed E-state index contributed by atoms with van der Waals surface area (Å²) in [5.41, 5.74) is 0.965. The molecule has 1 rings (SSSR count). The third-order valence-electron chi connectivity index (χ3n) is 2.60. The van der Waals surface area contributed by atoms with Crippen LogP contribution >= 0.6 is 0 Å². The minimum absolute atomic E-state index is 0.122. The van der Waals surface area contributed by atoms with Gasteiger partial charge in [0.25, 0.3) is 0 Å². The standard InChI is InChI=1S/C16H28N2O2/c1-13(2)10-18-12-14-11-17-7-6-15(14)19-8-9-20-16(3,4)5/h6-7,11,13,18H,8-10,12H2,1-5H3. The second-order valence-corrected chi connectivity index (χ2v) is 6.32. The van der Waals surface area contributed by atoms with Crippen molar-refractivity contribution < 1.29 is 9.47 Å². The van der Waals surface area contributed by atoms with E-state index in [1.807, 2.05) is 33.0 Å². The van der Waals surface area contributed by atoms with Gasteiger partial charge in [-0.1, -0.05) is 13.8 Å². The average molecular weight is 280 g/mol. The van der Waals surface area contributed by atoms with E-state index in [1.54, 1.807) is 6.20 Å². The number of ether oxygens (including phenoxy) is 2. The van der Waals surface area contributed by atoms with Crippen LogP contribution in [0.1, 0.15) is 40.2 Å². The van der Waals surface area contributed by atoms with Gasteiger partial charge in [0.05, 0.1) is 12.2 Å². The summed E-state index contributed by atoms with van der Waals surface area (Å²) in [6, 6.07) is 1.91. The molecule has 4 heteroatoms. The molecule has 0 bridgehead atoms. The fourth-order valence-corrected chi connectivity index (χ4v) is 1.68. The van der Waals surface area contributed by atoms with Gasteiger partial charge in [-0.3, -0.25) is 4.98 Å². The highest BCUT2D eigenvalue weighted by molar-refractivity contribution is 5.29. The maximum Gasteiger partial charge on any atom is 0.126 e. The van der Waals surface area contributed by atoms with E-state index in [0.29, 0.717) is 19.1 Å². The van der Waals surface area contributed by atoms with Gasteiger partial charge in [0.2, 0.25) is 0 Å². The predicted molar refractivity (Wildman–Crippen MR) is 82.0 cm³/mol. The van der Waals surface area contributed by atoms with Gasteiger partial charge in [0.1, 0.15) is 12.4 Å². The number of hydrogen-bond donors (Lipinski definition) is 1. The molecule has 1 aromatic rings. The second-order valence-electron chi connectivity index (χ2n) is 6.32. The Labute approximate surface area is 122 Å². The Morgan fingerprint density at radius 3 is 2.65 bits per heavy atom. The first-order chi connectivity index (χ1) is 9.38. The summed E-state index contributed by atoms with van der Waals surface area (Å²) >= 11 is 0. The Morgan fingerprint density at radius 2 is 2.00 bits per heavy atom. The molecule has 0 atom stereocenters. The lowest BCUT2D eigenvalue weighted by atomic mass is 10.2. The molecule has 0 saturated heterocycles. The van der Waals surface area contributed by atoms with E-state index < -0.39 is 0 Å². The largest absolute Gasteiger partial charge is 0.491 e. The lowest BCUT2D eigenvalue weighted by molar-refractivity contribution is -0.0164. The molecule has 0 aromatic carbocycles. The number of rotatable bonds is 8. The van der Waals surface area contributed by atoms with Gasteiger partial charge in [-0.05, 0) is 39.3 Å². The average Bonchev–Trinajstić information content (AvgIpc) is 2.34. The number of pyridine rings is 1. The Morgan fingerprint density at radius 1 is 1.25 bits per heavy atom. The third-order valence-corrected chi connectivity index (χ3v) is 2.60. The van der Waals surface area contributed by atoms with Crippen LogP contribution in [-0.4, -0.2) is 30.3 Å². The molecule has 1 N–H and O–H groups in total. The van der Waals surface area contributed by atoms with Crippen molar-refractivity contribution in [3.8, 4) is 5.75 Å².